The molecule has 6 nitrogen and oxygen atoms in total. The second-order valence-corrected chi connectivity index (χ2v) is 6.86. The van der Waals surface area contributed by atoms with Gasteiger partial charge < -0.3 is 10.1 Å². The molecule has 1 N–H and O–H groups in total. The Morgan fingerprint density at radius 3 is 2.58 bits per heavy atom. The van der Waals surface area contributed by atoms with Crippen molar-refractivity contribution in [3.8, 4) is 6.07 Å². The Kier molecular flexibility index (Phi) is 5.45. The lowest BCUT2D eigenvalue weighted by Gasteiger charge is -2.28. The lowest BCUT2D eigenvalue weighted by atomic mass is 10.1. The minimum absolute atomic E-state index is 0.178. The van der Waals surface area contributed by atoms with E-state index < -0.39 is 17.7 Å². The van der Waals surface area contributed by atoms with Crippen LogP contribution in [0.15, 0.2) is 24.3 Å². The normalized spacial score (nSPS) is 17.2. The summed E-state index contributed by atoms with van der Waals surface area (Å²) in [5.74, 6) is -0.178. The summed E-state index contributed by atoms with van der Waals surface area (Å²) in [5, 5.41) is 11.6. The zero-order valence-electron chi connectivity index (χ0n) is 14.3. The van der Waals surface area contributed by atoms with E-state index >= 15 is 0 Å². The molecule has 1 fully saturated rings. The molecule has 24 heavy (non-hydrogen) atoms. The fraction of sp³-hybridized carbons (Fsp3) is 0.500. The van der Waals surface area contributed by atoms with Gasteiger partial charge in [0.25, 0.3) is 0 Å². The number of amides is 2. The highest BCUT2D eigenvalue weighted by Gasteiger charge is 2.36. The zero-order valence-corrected chi connectivity index (χ0v) is 14.3. The molecule has 0 aliphatic carbocycles. The molecular weight excluding hydrogens is 306 g/mol. The first kappa shape index (κ1) is 17.8. The molecule has 0 saturated carbocycles. The van der Waals surface area contributed by atoms with E-state index in [4.69, 9.17) is 10.00 Å². The van der Waals surface area contributed by atoms with Crippen LogP contribution >= 0.6 is 0 Å². The lowest BCUT2D eigenvalue weighted by Crippen LogP contribution is -2.47. The Morgan fingerprint density at radius 1 is 1.33 bits per heavy atom. The molecule has 1 aliphatic rings. The van der Waals surface area contributed by atoms with Gasteiger partial charge in [-0.05, 0) is 51.3 Å². The van der Waals surface area contributed by atoms with Gasteiger partial charge in [0.15, 0.2) is 0 Å². The van der Waals surface area contributed by atoms with Crippen LogP contribution in [-0.2, 0) is 16.1 Å². The molecule has 1 heterocycles. The Labute approximate surface area is 142 Å². The van der Waals surface area contributed by atoms with Gasteiger partial charge in [0.05, 0.1) is 11.6 Å². The molecule has 2 amide bonds. The summed E-state index contributed by atoms with van der Waals surface area (Å²) in [6.45, 7) is 6.32. The highest BCUT2D eigenvalue weighted by molar-refractivity contribution is 5.86. The Morgan fingerprint density at radius 2 is 2.00 bits per heavy atom. The quantitative estimate of drug-likeness (QED) is 0.924. The van der Waals surface area contributed by atoms with E-state index in [1.54, 1.807) is 45.0 Å². The summed E-state index contributed by atoms with van der Waals surface area (Å²) >= 11 is 0. The van der Waals surface area contributed by atoms with Crippen molar-refractivity contribution in [2.24, 2.45) is 0 Å². The number of likely N-dealkylation sites (tertiary alicyclic amines) is 1. The topological polar surface area (TPSA) is 82.4 Å². The molecule has 1 aromatic carbocycles. The number of rotatable bonds is 3. The highest BCUT2D eigenvalue weighted by atomic mass is 16.6. The Balaban J connectivity index is 1.93. The maximum Gasteiger partial charge on any atom is 0.410 e. The first-order valence-electron chi connectivity index (χ1n) is 8.06. The van der Waals surface area contributed by atoms with Gasteiger partial charge in [-0.3, -0.25) is 9.69 Å². The van der Waals surface area contributed by atoms with Crippen molar-refractivity contribution in [2.45, 2.75) is 51.8 Å². The van der Waals surface area contributed by atoms with E-state index in [1.807, 2.05) is 0 Å². The average molecular weight is 329 g/mol. The van der Waals surface area contributed by atoms with Crippen molar-refractivity contribution in [2.75, 3.05) is 6.54 Å². The number of carbonyl (C=O) groups is 2. The van der Waals surface area contributed by atoms with Crippen LogP contribution in [0.5, 0.6) is 0 Å². The summed E-state index contributed by atoms with van der Waals surface area (Å²) in [6.07, 6.45) is 0.977. The third kappa shape index (κ3) is 4.72. The van der Waals surface area contributed by atoms with Gasteiger partial charge in [0.2, 0.25) is 5.91 Å². The van der Waals surface area contributed by atoms with E-state index in [1.165, 1.54) is 4.90 Å². The Hall–Kier alpha value is -2.55. The van der Waals surface area contributed by atoms with Crippen LogP contribution in [0.4, 0.5) is 4.79 Å². The van der Waals surface area contributed by atoms with Crippen LogP contribution in [0.25, 0.3) is 0 Å². The summed E-state index contributed by atoms with van der Waals surface area (Å²) in [5.41, 5.74) is 0.907. The molecule has 1 unspecified atom stereocenters. The molecule has 0 aromatic heterocycles. The second-order valence-electron chi connectivity index (χ2n) is 6.86. The second kappa shape index (κ2) is 7.35. The van der Waals surface area contributed by atoms with Crippen LogP contribution in [0.1, 0.15) is 44.7 Å². The van der Waals surface area contributed by atoms with E-state index in [2.05, 4.69) is 11.4 Å². The van der Waals surface area contributed by atoms with Gasteiger partial charge in [-0.15, -0.1) is 0 Å². The van der Waals surface area contributed by atoms with Crippen molar-refractivity contribution in [3.63, 3.8) is 0 Å². The fourth-order valence-corrected chi connectivity index (χ4v) is 2.58. The summed E-state index contributed by atoms with van der Waals surface area (Å²) < 4.78 is 5.37. The Bertz CT molecular complexity index is 641. The van der Waals surface area contributed by atoms with Gasteiger partial charge in [0.1, 0.15) is 11.6 Å². The van der Waals surface area contributed by atoms with Crippen molar-refractivity contribution >= 4 is 12.0 Å². The molecule has 2 rings (SSSR count). The van der Waals surface area contributed by atoms with Crippen LogP contribution in [0.3, 0.4) is 0 Å². The highest BCUT2D eigenvalue weighted by Crippen LogP contribution is 2.21. The van der Waals surface area contributed by atoms with E-state index in [0.29, 0.717) is 25.1 Å². The largest absolute Gasteiger partial charge is 0.444 e. The number of benzene rings is 1. The maximum atomic E-state index is 12.4. The number of nitrogens with zero attached hydrogens (tertiary/aromatic N) is 2. The molecule has 0 radical (unpaired) electrons. The maximum absolute atomic E-state index is 12.4. The fourth-order valence-electron chi connectivity index (χ4n) is 2.58. The minimum Gasteiger partial charge on any atom is -0.444 e. The molecule has 1 atom stereocenters. The van der Waals surface area contributed by atoms with Gasteiger partial charge >= 0.3 is 6.09 Å². The van der Waals surface area contributed by atoms with Crippen molar-refractivity contribution in [1.29, 1.82) is 5.26 Å². The summed E-state index contributed by atoms with van der Waals surface area (Å²) in [7, 11) is 0. The predicted molar refractivity (Wildman–Crippen MR) is 89.0 cm³/mol. The number of carbonyl (C=O) groups excluding carboxylic acids is 2. The summed E-state index contributed by atoms with van der Waals surface area (Å²) in [6, 6.07) is 8.60. The smallest absolute Gasteiger partial charge is 0.410 e. The molecule has 1 saturated heterocycles. The monoisotopic (exact) mass is 329 g/mol. The number of nitriles is 1. The minimum atomic E-state index is -0.580. The van der Waals surface area contributed by atoms with Gasteiger partial charge in [-0.2, -0.15) is 5.26 Å². The molecule has 1 aliphatic heterocycles. The van der Waals surface area contributed by atoms with Gasteiger partial charge in [-0.25, -0.2) is 4.79 Å². The number of hydrogen-bond donors (Lipinski definition) is 1. The predicted octanol–water partition coefficient (Wildman–Crippen LogP) is 2.57. The van der Waals surface area contributed by atoms with Gasteiger partial charge in [0, 0.05) is 13.1 Å². The molecule has 0 bridgehead atoms. The first-order chi connectivity index (χ1) is 11.3. The third-order valence-corrected chi connectivity index (χ3v) is 3.73. The van der Waals surface area contributed by atoms with Crippen LogP contribution < -0.4 is 5.32 Å². The third-order valence-electron chi connectivity index (χ3n) is 3.73. The van der Waals surface area contributed by atoms with Crippen LogP contribution in [0.2, 0.25) is 0 Å². The van der Waals surface area contributed by atoms with Crippen molar-refractivity contribution in [3.05, 3.63) is 35.4 Å². The molecule has 0 spiro atoms. The number of nitrogens with one attached hydrogen (secondary N) is 1. The standard InChI is InChI=1S/C18H23N3O3/c1-18(2,3)24-17(23)21-10-4-5-15(21)16(22)20-12-14-8-6-13(11-19)7-9-14/h6-9,15H,4-5,10,12H2,1-3H3,(H,20,22). The van der Waals surface area contributed by atoms with E-state index in [9.17, 15) is 9.59 Å². The zero-order chi connectivity index (χ0) is 17.7. The lowest BCUT2D eigenvalue weighted by molar-refractivity contribution is -0.125. The molecule has 6 heteroatoms. The average Bonchev–Trinajstić information content (AvgIpc) is 3.01. The molecule has 1 aromatic rings. The van der Waals surface area contributed by atoms with E-state index in [0.717, 1.165) is 12.0 Å². The van der Waals surface area contributed by atoms with Gasteiger partial charge in [-0.1, -0.05) is 12.1 Å². The molecular formula is C18H23N3O3. The first-order valence-corrected chi connectivity index (χ1v) is 8.06. The van der Waals surface area contributed by atoms with Crippen LogP contribution in [0, 0.1) is 11.3 Å². The van der Waals surface area contributed by atoms with Crippen LogP contribution in [-0.4, -0.2) is 35.1 Å². The summed E-state index contributed by atoms with van der Waals surface area (Å²) in [4.78, 5) is 26.1. The molecule has 128 valence electrons. The van der Waals surface area contributed by atoms with Crippen molar-refractivity contribution < 1.29 is 14.3 Å². The SMILES string of the molecule is CC(C)(C)OC(=O)N1CCCC1C(=O)NCc1ccc(C#N)cc1. The number of ether oxygens (including phenoxy) is 1. The number of hydrogen-bond acceptors (Lipinski definition) is 4. The van der Waals surface area contributed by atoms with E-state index in [-0.39, 0.29) is 5.91 Å². The van der Waals surface area contributed by atoms with Crippen molar-refractivity contribution in [1.82, 2.24) is 10.2 Å².